The molecule has 1 saturated heterocycles. The number of hydrogen-bond acceptors (Lipinski definition) is 3. The summed E-state index contributed by atoms with van der Waals surface area (Å²) in [7, 11) is 0. The zero-order valence-corrected chi connectivity index (χ0v) is 13.2. The van der Waals surface area contributed by atoms with E-state index in [0.29, 0.717) is 31.7 Å². The summed E-state index contributed by atoms with van der Waals surface area (Å²) in [6.45, 7) is 5.19. The van der Waals surface area contributed by atoms with Gasteiger partial charge in [0, 0.05) is 26.2 Å². The Bertz CT molecular complexity index is 465. The van der Waals surface area contributed by atoms with E-state index < -0.39 is 18.6 Å². The van der Waals surface area contributed by atoms with Crippen molar-refractivity contribution in [3.05, 3.63) is 34.9 Å². The highest BCUT2D eigenvalue weighted by atomic mass is 35.5. The number of aliphatic hydroxyl groups is 1. The third-order valence-corrected chi connectivity index (χ3v) is 3.85. The largest absolute Gasteiger partial charge is 0.390 e. The lowest BCUT2D eigenvalue weighted by Crippen LogP contribution is -2.51. The number of alkyl halides is 2. The van der Waals surface area contributed by atoms with Gasteiger partial charge in [0.1, 0.15) is 12.6 Å². The quantitative estimate of drug-likeness (QED) is 0.893. The molecule has 1 atom stereocenters. The topological polar surface area (TPSA) is 35.5 Å². The molecule has 21 heavy (non-hydrogen) atoms. The second-order valence-electron chi connectivity index (χ2n) is 5.47. The predicted molar refractivity (Wildman–Crippen MR) is 82.4 cm³/mol. The van der Waals surface area contributed by atoms with Crippen LogP contribution in [0.4, 0.5) is 8.78 Å². The summed E-state index contributed by atoms with van der Waals surface area (Å²) in [6, 6.07) is 4.47. The molecule has 0 aliphatic carbocycles. The Labute approximate surface area is 130 Å². The van der Waals surface area contributed by atoms with Gasteiger partial charge in [-0.25, -0.2) is 8.78 Å². The minimum atomic E-state index is -3.14. The molecule has 1 heterocycles. The van der Waals surface area contributed by atoms with Crippen molar-refractivity contribution in [1.29, 1.82) is 0 Å². The average molecular weight is 321 g/mol. The molecule has 0 bridgehead atoms. The van der Waals surface area contributed by atoms with E-state index in [1.807, 2.05) is 26.0 Å². The fraction of sp³-hybridized carbons (Fsp3) is 0.600. The summed E-state index contributed by atoms with van der Waals surface area (Å²) in [5, 5.41) is 12.3. The zero-order chi connectivity index (χ0) is 14.8. The van der Waals surface area contributed by atoms with Crippen molar-refractivity contribution in [2.24, 2.45) is 0 Å². The third kappa shape index (κ3) is 4.13. The normalized spacial score (nSPS) is 18.1. The van der Waals surface area contributed by atoms with Gasteiger partial charge in [-0.15, -0.1) is 12.4 Å². The van der Waals surface area contributed by atoms with Gasteiger partial charge >= 0.3 is 0 Å². The van der Waals surface area contributed by atoms with Gasteiger partial charge in [0.15, 0.2) is 0 Å². The van der Waals surface area contributed by atoms with Crippen molar-refractivity contribution in [3.8, 4) is 0 Å². The molecular weight excluding hydrogens is 298 g/mol. The van der Waals surface area contributed by atoms with Crippen molar-refractivity contribution in [2.75, 3.05) is 32.8 Å². The molecule has 0 spiro atoms. The van der Waals surface area contributed by atoms with Crippen molar-refractivity contribution in [3.63, 3.8) is 0 Å². The summed E-state index contributed by atoms with van der Waals surface area (Å²) in [5.74, 6) is -3.14. The maximum atomic E-state index is 14.3. The van der Waals surface area contributed by atoms with Gasteiger partial charge in [-0.3, -0.25) is 4.90 Å². The van der Waals surface area contributed by atoms with E-state index in [4.69, 9.17) is 5.11 Å². The number of benzene rings is 1. The molecule has 0 saturated carbocycles. The summed E-state index contributed by atoms with van der Waals surface area (Å²) >= 11 is 0. The Morgan fingerprint density at radius 3 is 2.43 bits per heavy atom. The first kappa shape index (κ1) is 18.3. The minimum absolute atomic E-state index is 0. The molecule has 0 unspecified atom stereocenters. The zero-order valence-electron chi connectivity index (χ0n) is 12.4. The number of halogens is 3. The lowest BCUT2D eigenvalue weighted by Gasteiger charge is -2.39. The number of hydrogen-bond donors (Lipinski definition) is 2. The van der Waals surface area contributed by atoms with Crippen LogP contribution < -0.4 is 5.32 Å². The van der Waals surface area contributed by atoms with Gasteiger partial charge in [0.05, 0.1) is 0 Å². The molecule has 0 aromatic heterocycles. The van der Waals surface area contributed by atoms with Crippen LogP contribution in [0.2, 0.25) is 0 Å². The molecule has 2 N–H and O–H groups in total. The van der Waals surface area contributed by atoms with Crippen LogP contribution in [0.15, 0.2) is 18.2 Å². The second-order valence-corrected chi connectivity index (χ2v) is 5.47. The molecule has 2 rings (SSSR count). The monoisotopic (exact) mass is 320 g/mol. The second kappa shape index (κ2) is 7.49. The molecule has 3 nitrogen and oxygen atoms in total. The van der Waals surface area contributed by atoms with Crippen molar-refractivity contribution in [2.45, 2.75) is 25.8 Å². The molecule has 120 valence electrons. The van der Waals surface area contributed by atoms with Gasteiger partial charge in [-0.05, 0) is 25.0 Å². The molecular formula is C15H23ClF2N2O. The Kier molecular flexibility index (Phi) is 6.53. The van der Waals surface area contributed by atoms with E-state index >= 15 is 0 Å². The molecule has 0 radical (unpaired) electrons. The summed E-state index contributed by atoms with van der Waals surface area (Å²) in [6.07, 6.45) is 0. The number of nitrogens with one attached hydrogen (secondary N) is 1. The van der Waals surface area contributed by atoms with E-state index in [1.54, 1.807) is 11.0 Å². The predicted octanol–water partition coefficient (Wildman–Crippen LogP) is 2.30. The standard InChI is InChI=1S/C15H22F2N2O.ClH/c1-11-3-4-13(12(2)9-11)14(15(16,17)10-20)19-7-5-18-6-8-19;/h3-4,9,14,18,20H,5-8,10H2,1-2H3;1H/t14-;/m0./s1. The minimum Gasteiger partial charge on any atom is -0.390 e. The van der Waals surface area contributed by atoms with Crippen LogP contribution in [0.1, 0.15) is 22.7 Å². The fourth-order valence-corrected chi connectivity index (χ4v) is 2.85. The number of aliphatic hydroxyl groups excluding tert-OH is 1. The lowest BCUT2D eigenvalue weighted by atomic mass is 9.93. The highest BCUT2D eigenvalue weighted by molar-refractivity contribution is 5.85. The highest BCUT2D eigenvalue weighted by Gasteiger charge is 2.44. The van der Waals surface area contributed by atoms with Crippen LogP contribution in [-0.4, -0.2) is 48.7 Å². The summed E-state index contributed by atoms with van der Waals surface area (Å²) in [5.41, 5.74) is 2.51. The number of aryl methyl sites for hydroxylation is 2. The number of nitrogens with zero attached hydrogens (tertiary/aromatic N) is 1. The fourth-order valence-electron chi connectivity index (χ4n) is 2.85. The maximum absolute atomic E-state index is 14.3. The van der Waals surface area contributed by atoms with Gasteiger partial charge in [0.25, 0.3) is 5.92 Å². The molecule has 6 heteroatoms. The van der Waals surface area contributed by atoms with Gasteiger partial charge < -0.3 is 10.4 Å². The number of piperazine rings is 1. The Hall–Kier alpha value is -0.750. The average Bonchev–Trinajstić information content (AvgIpc) is 2.43. The van der Waals surface area contributed by atoms with E-state index in [0.717, 1.165) is 11.1 Å². The smallest absolute Gasteiger partial charge is 0.289 e. The van der Waals surface area contributed by atoms with Crippen molar-refractivity contribution in [1.82, 2.24) is 10.2 Å². The van der Waals surface area contributed by atoms with E-state index in [9.17, 15) is 8.78 Å². The maximum Gasteiger partial charge on any atom is 0.289 e. The van der Waals surface area contributed by atoms with Crippen molar-refractivity contribution >= 4 is 12.4 Å². The lowest BCUT2D eigenvalue weighted by molar-refractivity contribution is -0.118. The van der Waals surface area contributed by atoms with Crippen LogP contribution in [0, 0.1) is 13.8 Å². The van der Waals surface area contributed by atoms with E-state index in [-0.39, 0.29) is 12.4 Å². The van der Waals surface area contributed by atoms with Crippen LogP contribution in [0.25, 0.3) is 0 Å². The summed E-state index contributed by atoms with van der Waals surface area (Å²) < 4.78 is 28.5. The van der Waals surface area contributed by atoms with E-state index in [1.165, 1.54) is 0 Å². The third-order valence-electron chi connectivity index (χ3n) is 3.85. The Balaban J connectivity index is 0.00000220. The SMILES string of the molecule is Cc1ccc([C@H](N2CCNCC2)C(F)(F)CO)c(C)c1.Cl. The van der Waals surface area contributed by atoms with E-state index in [2.05, 4.69) is 5.32 Å². The number of rotatable bonds is 4. The van der Waals surface area contributed by atoms with Gasteiger partial charge in [0.2, 0.25) is 0 Å². The molecule has 1 aliphatic rings. The highest BCUT2D eigenvalue weighted by Crippen LogP contribution is 2.38. The van der Waals surface area contributed by atoms with Crippen LogP contribution in [-0.2, 0) is 0 Å². The summed E-state index contributed by atoms with van der Waals surface area (Å²) in [4.78, 5) is 1.77. The van der Waals surface area contributed by atoms with Crippen LogP contribution in [0.5, 0.6) is 0 Å². The molecule has 1 fully saturated rings. The van der Waals surface area contributed by atoms with Gasteiger partial charge in [-0.1, -0.05) is 23.8 Å². The molecule has 1 aliphatic heterocycles. The first-order valence-corrected chi connectivity index (χ1v) is 6.96. The van der Waals surface area contributed by atoms with Gasteiger partial charge in [-0.2, -0.15) is 0 Å². The first-order chi connectivity index (χ1) is 9.45. The molecule has 0 amide bonds. The molecule has 1 aromatic rings. The Morgan fingerprint density at radius 1 is 1.29 bits per heavy atom. The van der Waals surface area contributed by atoms with Crippen LogP contribution in [0.3, 0.4) is 0 Å². The van der Waals surface area contributed by atoms with Crippen LogP contribution >= 0.6 is 12.4 Å². The molecule has 1 aromatic carbocycles. The Morgan fingerprint density at radius 2 is 1.90 bits per heavy atom. The van der Waals surface area contributed by atoms with Crippen molar-refractivity contribution < 1.29 is 13.9 Å². The first-order valence-electron chi connectivity index (χ1n) is 6.96.